The molecule has 1 aromatic rings. The molecule has 31 heavy (non-hydrogen) atoms. The maximum atomic E-state index is 12.8. The summed E-state index contributed by atoms with van der Waals surface area (Å²) >= 11 is 0. The van der Waals surface area contributed by atoms with Gasteiger partial charge in [0.15, 0.2) is 0 Å². The molecule has 0 bridgehead atoms. The van der Waals surface area contributed by atoms with Gasteiger partial charge in [-0.2, -0.15) is 13.2 Å². The lowest BCUT2D eigenvalue weighted by atomic mass is 9.95. The van der Waals surface area contributed by atoms with Gasteiger partial charge in [-0.3, -0.25) is 9.59 Å². The zero-order valence-electron chi connectivity index (χ0n) is 17.8. The van der Waals surface area contributed by atoms with E-state index < -0.39 is 17.6 Å². The quantitative estimate of drug-likeness (QED) is 0.599. The molecule has 1 aromatic carbocycles. The van der Waals surface area contributed by atoms with Gasteiger partial charge in [-0.15, -0.1) is 0 Å². The molecule has 1 aliphatic heterocycles. The molecule has 0 spiro atoms. The summed E-state index contributed by atoms with van der Waals surface area (Å²) in [7, 11) is 0. The van der Waals surface area contributed by atoms with E-state index in [4.69, 9.17) is 0 Å². The Hall–Kier alpha value is -2.09. The van der Waals surface area contributed by atoms with Crippen LogP contribution >= 0.6 is 0 Å². The van der Waals surface area contributed by atoms with Crippen LogP contribution in [-0.2, 0) is 11.0 Å². The number of likely N-dealkylation sites (tertiary alicyclic amines) is 1. The van der Waals surface area contributed by atoms with Gasteiger partial charge in [0.2, 0.25) is 5.91 Å². The Bertz CT molecular complexity index is 748. The number of halogens is 3. The van der Waals surface area contributed by atoms with Crippen molar-refractivity contribution in [2.75, 3.05) is 19.6 Å². The number of hydrogen-bond acceptors (Lipinski definition) is 3. The third-order valence-corrected chi connectivity index (χ3v) is 6.30. The van der Waals surface area contributed by atoms with E-state index in [0.29, 0.717) is 12.6 Å². The predicted octanol–water partition coefficient (Wildman–Crippen LogP) is 4.13. The topological polar surface area (TPSA) is 61.4 Å². The lowest BCUT2D eigenvalue weighted by Crippen LogP contribution is -2.43. The molecule has 2 amide bonds. The monoisotopic (exact) mass is 439 g/mol. The minimum absolute atomic E-state index is 0.102. The number of carbonyl (C=O) groups is 2. The molecule has 0 unspecified atom stereocenters. The van der Waals surface area contributed by atoms with Crippen LogP contribution in [0.15, 0.2) is 24.3 Å². The fourth-order valence-electron chi connectivity index (χ4n) is 4.61. The second-order valence-electron chi connectivity index (χ2n) is 8.58. The molecule has 1 atom stereocenters. The van der Waals surface area contributed by atoms with Crippen LogP contribution in [0.4, 0.5) is 13.2 Å². The summed E-state index contributed by atoms with van der Waals surface area (Å²) in [6.07, 6.45) is 5.74. The van der Waals surface area contributed by atoms with Crippen molar-refractivity contribution in [3.63, 3.8) is 0 Å². The summed E-state index contributed by atoms with van der Waals surface area (Å²) < 4.78 is 38.5. The van der Waals surface area contributed by atoms with Crippen molar-refractivity contribution in [3.8, 4) is 0 Å². The second kappa shape index (κ2) is 11.0. The average molecular weight is 440 g/mol. The van der Waals surface area contributed by atoms with Crippen LogP contribution < -0.4 is 10.6 Å². The van der Waals surface area contributed by atoms with Crippen LogP contribution in [0.25, 0.3) is 0 Å². The van der Waals surface area contributed by atoms with E-state index in [0.717, 1.165) is 44.4 Å². The molecule has 1 aliphatic carbocycles. The second-order valence-corrected chi connectivity index (χ2v) is 8.58. The number of nitrogens with one attached hydrogen (secondary N) is 2. The van der Waals surface area contributed by atoms with Crippen molar-refractivity contribution in [1.82, 2.24) is 15.5 Å². The minimum atomic E-state index is -4.51. The summed E-state index contributed by atoms with van der Waals surface area (Å²) in [4.78, 5) is 26.7. The molecule has 2 aliphatic rings. The highest BCUT2D eigenvalue weighted by Crippen LogP contribution is 2.29. The van der Waals surface area contributed by atoms with E-state index >= 15 is 0 Å². The Kier molecular flexibility index (Phi) is 8.35. The molecule has 0 radical (unpaired) electrons. The first-order valence-corrected chi connectivity index (χ1v) is 11.3. The number of rotatable bonds is 8. The maximum absolute atomic E-state index is 12.8. The van der Waals surface area contributed by atoms with Gasteiger partial charge in [-0.05, 0) is 63.3 Å². The van der Waals surface area contributed by atoms with E-state index in [-0.39, 0.29) is 24.1 Å². The molecular weight excluding hydrogens is 407 g/mol. The standard InChI is InChI=1S/C23H32F3N3O2/c24-23(25,26)18-8-4-7-17(15-18)22(31)28-16-21(30)29-14-6-12-20(29)11-5-13-27-19-9-2-1-3-10-19/h4,7-8,15,19-20,27H,1-3,5-6,9-14,16H2,(H,28,31)/t20-/m1/s1. The number of nitrogens with zero attached hydrogens (tertiary/aromatic N) is 1. The third kappa shape index (κ3) is 6.95. The number of carbonyl (C=O) groups excluding carboxylic acids is 2. The van der Waals surface area contributed by atoms with Crippen LogP contribution in [0.5, 0.6) is 0 Å². The van der Waals surface area contributed by atoms with Gasteiger partial charge in [0.25, 0.3) is 5.91 Å². The summed E-state index contributed by atoms with van der Waals surface area (Å²) in [6.45, 7) is 1.42. The predicted molar refractivity (Wildman–Crippen MR) is 113 cm³/mol. The molecule has 2 fully saturated rings. The molecule has 1 saturated carbocycles. The van der Waals surface area contributed by atoms with Crippen LogP contribution in [0.2, 0.25) is 0 Å². The molecule has 3 rings (SSSR count). The van der Waals surface area contributed by atoms with Crippen LogP contribution in [0, 0.1) is 0 Å². The highest BCUT2D eigenvalue weighted by molar-refractivity contribution is 5.96. The zero-order valence-corrected chi connectivity index (χ0v) is 17.8. The van der Waals surface area contributed by atoms with Crippen molar-refractivity contribution in [2.24, 2.45) is 0 Å². The van der Waals surface area contributed by atoms with Crippen molar-refractivity contribution in [3.05, 3.63) is 35.4 Å². The Morgan fingerprint density at radius 3 is 2.58 bits per heavy atom. The Labute approximate surface area is 181 Å². The Morgan fingerprint density at radius 2 is 1.84 bits per heavy atom. The number of hydrogen-bond donors (Lipinski definition) is 2. The van der Waals surface area contributed by atoms with Crippen molar-refractivity contribution in [1.29, 1.82) is 0 Å². The lowest BCUT2D eigenvalue weighted by Gasteiger charge is -2.26. The van der Waals surface area contributed by atoms with Crippen LogP contribution in [0.3, 0.4) is 0 Å². The molecular formula is C23H32F3N3O2. The van der Waals surface area contributed by atoms with Crippen LogP contribution in [-0.4, -0.2) is 48.4 Å². The van der Waals surface area contributed by atoms with E-state index in [2.05, 4.69) is 10.6 Å². The average Bonchev–Trinajstić information content (AvgIpc) is 3.24. The molecule has 8 heteroatoms. The first-order valence-electron chi connectivity index (χ1n) is 11.3. The fraction of sp³-hybridized carbons (Fsp3) is 0.652. The molecule has 2 N–H and O–H groups in total. The molecule has 5 nitrogen and oxygen atoms in total. The molecule has 172 valence electrons. The first-order chi connectivity index (χ1) is 14.8. The summed E-state index contributed by atoms with van der Waals surface area (Å²) in [5.41, 5.74) is -0.984. The number of benzene rings is 1. The lowest BCUT2D eigenvalue weighted by molar-refractivity contribution is -0.137. The van der Waals surface area contributed by atoms with E-state index in [1.165, 1.54) is 44.2 Å². The summed E-state index contributed by atoms with van der Waals surface area (Å²) in [5.74, 6) is -0.852. The SMILES string of the molecule is O=C(NCC(=O)N1CCC[C@H]1CCCNC1CCCCC1)c1cccc(C(F)(F)F)c1. The van der Waals surface area contributed by atoms with E-state index in [1.807, 2.05) is 4.90 Å². The van der Waals surface area contributed by atoms with Gasteiger partial charge < -0.3 is 15.5 Å². The largest absolute Gasteiger partial charge is 0.416 e. The Balaban J connectivity index is 1.42. The van der Waals surface area contributed by atoms with Crippen molar-refractivity contribution < 1.29 is 22.8 Å². The normalized spacial score (nSPS) is 20.1. The van der Waals surface area contributed by atoms with Gasteiger partial charge in [0.05, 0.1) is 12.1 Å². The summed E-state index contributed by atoms with van der Waals surface area (Å²) in [6, 6.07) is 5.02. The third-order valence-electron chi connectivity index (χ3n) is 6.30. The van der Waals surface area contributed by atoms with Gasteiger partial charge in [0.1, 0.15) is 0 Å². The van der Waals surface area contributed by atoms with E-state index in [9.17, 15) is 22.8 Å². The first kappa shape index (κ1) is 23.6. The Morgan fingerprint density at radius 1 is 1.06 bits per heavy atom. The smallest absolute Gasteiger partial charge is 0.343 e. The van der Waals surface area contributed by atoms with Gasteiger partial charge >= 0.3 is 6.18 Å². The van der Waals surface area contributed by atoms with Gasteiger partial charge in [-0.25, -0.2) is 0 Å². The minimum Gasteiger partial charge on any atom is -0.343 e. The highest BCUT2D eigenvalue weighted by Gasteiger charge is 2.31. The highest BCUT2D eigenvalue weighted by atomic mass is 19.4. The maximum Gasteiger partial charge on any atom is 0.416 e. The molecule has 0 aromatic heterocycles. The summed E-state index contributed by atoms with van der Waals surface area (Å²) in [5, 5.41) is 6.10. The number of alkyl halides is 3. The van der Waals surface area contributed by atoms with E-state index in [1.54, 1.807) is 0 Å². The van der Waals surface area contributed by atoms with Gasteiger partial charge in [0, 0.05) is 24.2 Å². The van der Waals surface area contributed by atoms with Crippen molar-refractivity contribution >= 4 is 11.8 Å². The number of amides is 2. The molecule has 1 saturated heterocycles. The fourth-order valence-corrected chi connectivity index (χ4v) is 4.61. The van der Waals surface area contributed by atoms with Crippen molar-refractivity contribution in [2.45, 2.75) is 76.0 Å². The zero-order chi connectivity index (χ0) is 22.3. The van der Waals surface area contributed by atoms with Crippen LogP contribution in [0.1, 0.15) is 73.7 Å². The van der Waals surface area contributed by atoms with Gasteiger partial charge in [-0.1, -0.05) is 25.3 Å². The molecule has 1 heterocycles.